The van der Waals surface area contributed by atoms with Crippen molar-refractivity contribution in [2.75, 3.05) is 5.32 Å². The molecule has 1 aromatic rings. The second kappa shape index (κ2) is 6.29. The SMILES string of the molecule is CC(C)C1CCCCC1Nc1cc(Br)ccc1Cl. The van der Waals surface area contributed by atoms with Crippen molar-refractivity contribution in [2.24, 2.45) is 11.8 Å². The van der Waals surface area contributed by atoms with Gasteiger partial charge in [0.1, 0.15) is 0 Å². The molecule has 0 aliphatic heterocycles. The van der Waals surface area contributed by atoms with Gasteiger partial charge < -0.3 is 5.32 Å². The Kier molecular flexibility index (Phi) is 4.97. The van der Waals surface area contributed by atoms with Crippen LogP contribution in [0.25, 0.3) is 0 Å². The maximum absolute atomic E-state index is 6.26. The molecule has 0 radical (unpaired) electrons. The van der Waals surface area contributed by atoms with Crippen molar-refractivity contribution in [1.82, 2.24) is 0 Å². The van der Waals surface area contributed by atoms with Crippen molar-refractivity contribution < 1.29 is 0 Å². The number of nitrogens with one attached hydrogen (secondary N) is 1. The highest BCUT2D eigenvalue weighted by molar-refractivity contribution is 9.10. The minimum absolute atomic E-state index is 0.561. The van der Waals surface area contributed by atoms with Crippen LogP contribution in [0, 0.1) is 11.8 Å². The summed E-state index contributed by atoms with van der Waals surface area (Å²) in [5.41, 5.74) is 1.06. The van der Waals surface area contributed by atoms with Crippen LogP contribution in [0.15, 0.2) is 22.7 Å². The third-order valence-electron chi connectivity index (χ3n) is 3.95. The summed E-state index contributed by atoms with van der Waals surface area (Å²) in [6.07, 6.45) is 5.28. The predicted molar refractivity (Wildman–Crippen MR) is 83.4 cm³/mol. The molecule has 0 saturated heterocycles. The van der Waals surface area contributed by atoms with Crippen LogP contribution in [-0.2, 0) is 0 Å². The Morgan fingerprint density at radius 2 is 2.00 bits per heavy atom. The van der Waals surface area contributed by atoms with E-state index in [2.05, 4.69) is 41.2 Å². The molecule has 1 N–H and O–H groups in total. The van der Waals surface area contributed by atoms with Gasteiger partial charge in [-0.15, -0.1) is 0 Å². The molecule has 1 fully saturated rings. The van der Waals surface area contributed by atoms with Gasteiger partial charge in [0, 0.05) is 10.5 Å². The second-order valence-electron chi connectivity index (χ2n) is 5.57. The van der Waals surface area contributed by atoms with E-state index in [-0.39, 0.29) is 0 Å². The van der Waals surface area contributed by atoms with Crippen molar-refractivity contribution in [1.29, 1.82) is 0 Å². The average molecular weight is 331 g/mol. The van der Waals surface area contributed by atoms with Gasteiger partial charge in [-0.2, -0.15) is 0 Å². The molecule has 0 spiro atoms. The van der Waals surface area contributed by atoms with Crippen LogP contribution in [-0.4, -0.2) is 6.04 Å². The number of anilines is 1. The largest absolute Gasteiger partial charge is 0.381 e. The van der Waals surface area contributed by atoms with Gasteiger partial charge in [-0.3, -0.25) is 0 Å². The van der Waals surface area contributed by atoms with E-state index >= 15 is 0 Å². The van der Waals surface area contributed by atoms with Gasteiger partial charge in [0.05, 0.1) is 10.7 Å². The molecule has 1 saturated carbocycles. The third-order valence-corrected chi connectivity index (χ3v) is 4.77. The van der Waals surface area contributed by atoms with E-state index < -0.39 is 0 Å². The van der Waals surface area contributed by atoms with E-state index in [0.717, 1.165) is 27.0 Å². The molecule has 100 valence electrons. The van der Waals surface area contributed by atoms with Crippen LogP contribution in [0.4, 0.5) is 5.69 Å². The molecule has 0 aromatic heterocycles. The molecule has 1 aromatic carbocycles. The maximum Gasteiger partial charge on any atom is 0.0638 e. The predicted octanol–water partition coefficient (Wildman–Crippen LogP) is 5.73. The minimum Gasteiger partial charge on any atom is -0.381 e. The smallest absolute Gasteiger partial charge is 0.0638 e. The number of rotatable bonds is 3. The Morgan fingerprint density at radius 1 is 1.28 bits per heavy atom. The molecule has 1 aliphatic rings. The monoisotopic (exact) mass is 329 g/mol. The lowest BCUT2D eigenvalue weighted by Gasteiger charge is -2.35. The standard InChI is InChI=1S/C15H21BrClN/c1-10(2)12-5-3-4-6-14(12)18-15-9-11(16)7-8-13(15)17/h7-10,12,14,18H,3-6H2,1-2H3. The molecule has 0 amide bonds. The third kappa shape index (κ3) is 3.42. The number of hydrogen-bond acceptors (Lipinski definition) is 1. The molecule has 18 heavy (non-hydrogen) atoms. The Balaban J connectivity index is 2.13. The van der Waals surface area contributed by atoms with E-state index in [0.29, 0.717) is 6.04 Å². The maximum atomic E-state index is 6.26. The first-order chi connectivity index (χ1) is 8.58. The van der Waals surface area contributed by atoms with E-state index in [1.165, 1.54) is 25.7 Å². The van der Waals surface area contributed by atoms with Crippen LogP contribution >= 0.6 is 27.5 Å². The minimum atomic E-state index is 0.561. The summed E-state index contributed by atoms with van der Waals surface area (Å²) in [6.45, 7) is 4.65. The molecule has 1 nitrogen and oxygen atoms in total. The number of benzene rings is 1. The number of halogens is 2. The van der Waals surface area contributed by atoms with Gasteiger partial charge in [0.15, 0.2) is 0 Å². The molecule has 2 atom stereocenters. The van der Waals surface area contributed by atoms with Gasteiger partial charge in [0.2, 0.25) is 0 Å². The van der Waals surface area contributed by atoms with Crippen molar-refractivity contribution in [3.8, 4) is 0 Å². The van der Waals surface area contributed by atoms with E-state index in [4.69, 9.17) is 11.6 Å². The molecule has 2 unspecified atom stereocenters. The van der Waals surface area contributed by atoms with Gasteiger partial charge >= 0.3 is 0 Å². The summed E-state index contributed by atoms with van der Waals surface area (Å²) in [6, 6.07) is 6.56. The van der Waals surface area contributed by atoms with Gasteiger partial charge in [-0.05, 0) is 42.9 Å². The summed E-state index contributed by atoms with van der Waals surface area (Å²) < 4.78 is 1.08. The summed E-state index contributed by atoms with van der Waals surface area (Å²) in [5.74, 6) is 1.49. The highest BCUT2D eigenvalue weighted by Gasteiger charge is 2.27. The van der Waals surface area contributed by atoms with Gasteiger partial charge in [0.25, 0.3) is 0 Å². The lowest BCUT2D eigenvalue weighted by Crippen LogP contribution is -2.35. The Hall–Kier alpha value is -0.210. The molecule has 2 rings (SSSR count). The highest BCUT2D eigenvalue weighted by Crippen LogP contribution is 2.34. The highest BCUT2D eigenvalue weighted by atomic mass is 79.9. The normalized spacial score (nSPS) is 24.3. The first kappa shape index (κ1) is 14.2. The molecule has 0 bridgehead atoms. The van der Waals surface area contributed by atoms with Crippen molar-refractivity contribution >= 4 is 33.2 Å². The van der Waals surface area contributed by atoms with E-state index in [1.54, 1.807) is 0 Å². The summed E-state index contributed by atoms with van der Waals surface area (Å²) >= 11 is 9.77. The lowest BCUT2D eigenvalue weighted by atomic mass is 9.78. The summed E-state index contributed by atoms with van der Waals surface area (Å²) in [4.78, 5) is 0. The topological polar surface area (TPSA) is 12.0 Å². The fourth-order valence-corrected chi connectivity index (χ4v) is 3.48. The van der Waals surface area contributed by atoms with E-state index in [1.807, 2.05) is 12.1 Å². The fourth-order valence-electron chi connectivity index (χ4n) is 2.94. The average Bonchev–Trinajstić information content (AvgIpc) is 2.34. The van der Waals surface area contributed by atoms with Crippen LogP contribution in [0.3, 0.4) is 0 Å². The molecule has 1 aliphatic carbocycles. The molecule has 0 heterocycles. The van der Waals surface area contributed by atoms with Crippen LogP contribution < -0.4 is 5.32 Å². The summed E-state index contributed by atoms with van der Waals surface area (Å²) in [7, 11) is 0. The molecule has 3 heteroatoms. The van der Waals surface area contributed by atoms with Crippen molar-refractivity contribution in [3.05, 3.63) is 27.7 Å². The zero-order chi connectivity index (χ0) is 13.1. The van der Waals surface area contributed by atoms with Crippen LogP contribution in [0.5, 0.6) is 0 Å². The second-order valence-corrected chi connectivity index (χ2v) is 6.89. The van der Waals surface area contributed by atoms with Gasteiger partial charge in [-0.25, -0.2) is 0 Å². The zero-order valence-corrected chi connectivity index (χ0v) is 13.4. The van der Waals surface area contributed by atoms with Crippen molar-refractivity contribution in [3.63, 3.8) is 0 Å². The Labute approximate surface area is 123 Å². The van der Waals surface area contributed by atoms with E-state index in [9.17, 15) is 0 Å². The fraction of sp³-hybridized carbons (Fsp3) is 0.600. The zero-order valence-electron chi connectivity index (χ0n) is 11.0. The quantitative estimate of drug-likeness (QED) is 0.746. The molecular formula is C15H21BrClN. The first-order valence-electron chi connectivity index (χ1n) is 6.79. The Bertz CT molecular complexity index is 405. The van der Waals surface area contributed by atoms with Crippen LogP contribution in [0.2, 0.25) is 5.02 Å². The first-order valence-corrected chi connectivity index (χ1v) is 7.96. The van der Waals surface area contributed by atoms with Crippen molar-refractivity contribution in [2.45, 2.75) is 45.6 Å². The lowest BCUT2D eigenvalue weighted by molar-refractivity contribution is 0.254. The van der Waals surface area contributed by atoms with Crippen LogP contribution in [0.1, 0.15) is 39.5 Å². The Morgan fingerprint density at radius 3 is 2.72 bits per heavy atom. The number of hydrogen-bond donors (Lipinski definition) is 1. The van der Waals surface area contributed by atoms with Gasteiger partial charge in [-0.1, -0.05) is 54.2 Å². The summed E-state index contributed by atoms with van der Waals surface area (Å²) in [5, 5.41) is 4.47. The molecular weight excluding hydrogens is 310 g/mol.